The highest BCUT2D eigenvalue weighted by Crippen LogP contribution is 2.19. The Kier molecular flexibility index (Phi) is 1.81. The molecule has 0 bridgehead atoms. The standard InChI is InChI=1S/C9H9FNS/c1-11-7-4-2-3-5-8(7)12-9(11)6-10/h2-5H,6H2,1H3/q+1. The van der Waals surface area contributed by atoms with Gasteiger partial charge >= 0.3 is 0 Å². The van der Waals surface area contributed by atoms with Crippen molar-refractivity contribution in [1.82, 2.24) is 0 Å². The molecule has 1 heterocycles. The number of thiazole rings is 1. The van der Waals surface area contributed by atoms with Crippen LogP contribution in [0.2, 0.25) is 0 Å². The largest absolute Gasteiger partial charge is 0.269 e. The van der Waals surface area contributed by atoms with Crippen LogP contribution in [0.1, 0.15) is 5.01 Å². The van der Waals surface area contributed by atoms with Crippen molar-refractivity contribution in [1.29, 1.82) is 0 Å². The molecule has 0 unspecified atom stereocenters. The van der Waals surface area contributed by atoms with E-state index in [0.717, 1.165) is 15.2 Å². The third kappa shape index (κ3) is 1.01. The molecule has 0 aliphatic heterocycles. The molecule has 12 heavy (non-hydrogen) atoms. The first kappa shape index (κ1) is 7.68. The summed E-state index contributed by atoms with van der Waals surface area (Å²) in [5, 5.41) is 0.774. The molecule has 1 nitrogen and oxygen atoms in total. The van der Waals surface area contributed by atoms with E-state index in [1.54, 1.807) is 0 Å². The summed E-state index contributed by atoms with van der Waals surface area (Å²) >= 11 is 1.51. The second-order valence-corrected chi connectivity index (χ2v) is 3.77. The van der Waals surface area contributed by atoms with E-state index in [-0.39, 0.29) is 6.67 Å². The van der Waals surface area contributed by atoms with Gasteiger partial charge in [0.05, 0.1) is 0 Å². The average Bonchev–Trinajstić information content (AvgIpc) is 2.44. The fraction of sp³-hybridized carbons (Fsp3) is 0.222. The summed E-state index contributed by atoms with van der Waals surface area (Å²) in [6, 6.07) is 7.96. The van der Waals surface area contributed by atoms with Gasteiger partial charge in [-0.25, -0.2) is 4.39 Å². The number of nitrogens with zero attached hydrogens (tertiary/aromatic N) is 1. The van der Waals surface area contributed by atoms with Crippen molar-refractivity contribution in [2.75, 3.05) is 0 Å². The molecule has 3 heteroatoms. The molecule has 0 aliphatic rings. The fourth-order valence-electron chi connectivity index (χ4n) is 1.27. The molecule has 0 spiro atoms. The molecular formula is C9H9FNS+. The van der Waals surface area contributed by atoms with Crippen molar-refractivity contribution < 1.29 is 8.96 Å². The zero-order chi connectivity index (χ0) is 8.55. The Hall–Kier alpha value is -0.960. The molecule has 62 valence electrons. The summed E-state index contributed by atoms with van der Waals surface area (Å²) in [5.41, 5.74) is 1.11. The number of rotatable bonds is 1. The fourth-order valence-corrected chi connectivity index (χ4v) is 2.27. The lowest BCUT2D eigenvalue weighted by atomic mass is 10.3. The van der Waals surface area contributed by atoms with Crippen LogP contribution in [-0.4, -0.2) is 0 Å². The van der Waals surface area contributed by atoms with E-state index < -0.39 is 0 Å². The minimum absolute atomic E-state index is 0.379. The highest BCUT2D eigenvalue weighted by atomic mass is 32.1. The molecule has 0 saturated heterocycles. The van der Waals surface area contributed by atoms with Gasteiger partial charge in [-0.05, 0) is 6.07 Å². The second-order valence-electron chi connectivity index (χ2n) is 2.66. The molecular weight excluding hydrogens is 173 g/mol. The minimum Gasteiger partial charge on any atom is -0.238 e. The van der Waals surface area contributed by atoms with Crippen LogP contribution in [0.4, 0.5) is 4.39 Å². The first-order valence-corrected chi connectivity index (χ1v) is 4.57. The van der Waals surface area contributed by atoms with Gasteiger partial charge in [0, 0.05) is 6.07 Å². The maximum Gasteiger partial charge on any atom is 0.269 e. The van der Waals surface area contributed by atoms with Crippen LogP contribution < -0.4 is 4.57 Å². The molecule has 0 saturated carbocycles. The van der Waals surface area contributed by atoms with E-state index in [4.69, 9.17) is 0 Å². The monoisotopic (exact) mass is 182 g/mol. The number of para-hydroxylation sites is 1. The van der Waals surface area contributed by atoms with Crippen molar-refractivity contribution in [2.45, 2.75) is 6.67 Å². The van der Waals surface area contributed by atoms with E-state index in [1.807, 2.05) is 35.9 Å². The number of hydrogen-bond donors (Lipinski definition) is 0. The topological polar surface area (TPSA) is 3.88 Å². The summed E-state index contributed by atoms with van der Waals surface area (Å²) in [6.07, 6.45) is 0. The molecule has 1 aromatic heterocycles. The Morgan fingerprint density at radius 2 is 2.17 bits per heavy atom. The second kappa shape index (κ2) is 2.83. The maximum atomic E-state index is 12.4. The molecule has 2 rings (SSSR count). The summed E-state index contributed by atoms with van der Waals surface area (Å²) in [6.45, 7) is -0.379. The third-order valence-corrected chi connectivity index (χ3v) is 3.13. The first-order valence-electron chi connectivity index (χ1n) is 3.75. The average molecular weight is 182 g/mol. The first-order chi connectivity index (χ1) is 5.83. The summed E-state index contributed by atoms with van der Waals surface area (Å²) in [5.74, 6) is 0. The highest BCUT2D eigenvalue weighted by molar-refractivity contribution is 7.18. The van der Waals surface area contributed by atoms with Crippen LogP contribution in [0.5, 0.6) is 0 Å². The zero-order valence-electron chi connectivity index (χ0n) is 6.75. The molecule has 0 aliphatic carbocycles. The lowest BCUT2D eigenvalue weighted by molar-refractivity contribution is -0.649. The van der Waals surface area contributed by atoms with Crippen molar-refractivity contribution in [3.8, 4) is 0 Å². The molecule has 0 amide bonds. The molecule has 0 fully saturated rings. The van der Waals surface area contributed by atoms with E-state index >= 15 is 0 Å². The number of aromatic nitrogens is 1. The van der Waals surface area contributed by atoms with Crippen molar-refractivity contribution in [3.63, 3.8) is 0 Å². The summed E-state index contributed by atoms with van der Waals surface area (Å²) in [4.78, 5) is 0. The van der Waals surface area contributed by atoms with E-state index in [9.17, 15) is 4.39 Å². The highest BCUT2D eigenvalue weighted by Gasteiger charge is 2.14. The predicted octanol–water partition coefficient (Wildman–Crippen LogP) is 2.20. The Morgan fingerprint density at radius 3 is 2.83 bits per heavy atom. The van der Waals surface area contributed by atoms with Gasteiger partial charge in [0.2, 0.25) is 5.52 Å². The number of benzene rings is 1. The number of hydrogen-bond acceptors (Lipinski definition) is 1. The van der Waals surface area contributed by atoms with Gasteiger partial charge in [0.15, 0.2) is 6.67 Å². The van der Waals surface area contributed by atoms with E-state index in [2.05, 4.69) is 0 Å². The van der Waals surface area contributed by atoms with Crippen LogP contribution >= 0.6 is 11.3 Å². The van der Waals surface area contributed by atoms with Crippen LogP contribution in [-0.2, 0) is 13.7 Å². The molecule has 0 N–H and O–H groups in total. The number of alkyl halides is 1. The zero-order valence-corrected chi connectivity index (χ0v) is 7.57. The number of fused-ring (bicyclic) bond motifs is 1. The maximum absolute atomic E-state index is 12.4. The van der Waals surface area contributed by atoms with E-state index in [0.29, 0.717) is 0 Å². The van der Waals surface area contributed by atoms with Crippen LogP contribution in [0.25, 0.3) is 10.2 Å². The third-order valence-electron chi connectivity index (χ3n) is 1.94. The van der Waals surface area contributed by atoms with Crippen LogP contribution in [0.3, 0.4) is 0 Å². The van der Waals surface area contributed by atoms with Crippen LogP contribution in [0.15, 0.2) is 24.3 Å². The van der Waals surface area contributed by atoms with Gasteiger partial charge in [0.1, 0.15) is 11.7 Å². The molecule has 1 aromatic carbocycles. The quantitative estimate of drug-likeness (QED) is 0.595. The van der Waals surface area contributed by atoms with Gasteiger partial charge in [-0.2, -0.15) is 4.57 Å². The van der Waals surface area contributed by atoms with Crippen molar-refractivity contribution >= 4 is 21.6 Å². The van der Waals surface area contributed by atoms with Gasteiger partial charge in [-0.15, -0.1) is 0 Å². The lowest BCUT2D eigenvalue weighted by Crippen LogP contribution is -2.29. The lowest BCUT2D eigenvalue weighted by Gasteiger charge is -1.84. The van der Waals surface area contributed by atoms with Gasteiger partial charge < -0.3 is 0 Å². The Labute approximate surface area is 74.1 Å². The minimum atomic E-state index is -0.379. The molecule has 0 atom stereocenters. The summed E-state index contributed by atoms with van der Waals surface area (Å²) < 4.78 is 15.5. The Bertz CT molecular complexity index is 408. The number of aryl methyl sites for hydroxylation is 1. The van der Waals surface area contributed by atoms with Gasteiger partial charge in [0.25, 0.3) is 5.01 Å². The normalized spacial score (nSPS) is 10.8. The van der Waals surface area contributed by atoms with E-state index in [1.165, 1.54) is 11.3 Å². The predicted molar refractivity (Wildman–Crippen MR) is 47.8 cm³/mol. The van der Waals surface area contributed by atoms with Crippen molar-refractivity contribution in [3.05, 3.63) is 29.3 Å². The smallest absolute Gasteiger partial charge is 0.238 e. The van der Waals surface area contributed by atoms with Crippen LogP contribution in [0, 0.1) is 0 Å². The summed E-state index contributed by atoms with van der Waals surface area (Å²) in [7, 11) is 1.90. The number of halogens is 1. The van der Waals surface area contributed by atoms with Gasteiger partial charge in [-0.1, -0.05) is 23.5 Å². The Morgan fingerprint density at radius 1 is 1.42 bits per heavy atom. The SMILES string of the molecule is C[n+]1c(CF)sc2ccccc21. The molecule has 0 radical (unpaired) electrons. The Balaban J connectivity index is 2.78. The van der Waals surface area contributed by atoms with Gasteiger partial charge in [-0.3, -0.25) is 0 Å². The molecule has 2 aromatic rings. The van der Waals surface area contributed by atoms with Crippen molar-refractivity contribution in [2.24, 2.45) is 7.05 Å².